The van der Waals surface area contributed by atoms with Crippen molar-refractivity contribution in [1.29, 1.82) is 0 Å². The Bertz CT molecular complexity index is 271. The first-order chi connectivity index (χ1) is 6.27. The van der Waals surface area contributed by atoms with Gasteiger partial charge in [0, 0.05) is 31.3 Å². The van der Waals surface area contributed by atoms with E-state index in [1.54, 1.807) is 0 Å². The van der Waals surface area contributed by atoms with Crippen LogP contribution in [-0.4, -0.2) is 22.6 Å². The first kappa shape index (κ1) is 8.75. The summed E-state index contributed by atoms with van der Waals surface area (Å²) in [5.74, 6) is 1.14. The van der Waals surface area contributed by atoms with Gasteiger partial charge in [0.2, 0.25) is 0 Å². The number of quaternary nitrogens is 1. The van der Waals surface area contributed by atoms with E-state index >= 15 is 0 Å². The fourth-order valence-electron chi connectivity index (χ4n) is 2.06. The van der Waals surface area contributed by atoms with E-state index in [0.717, 1.165) is 5.82 Å². The fraction of sp³-hybridized carbons (Fsp3) is 0.600. The molecule has 1 aliphatic rings. The lowest BCUT2D eigenvalue weighted by Crippen LogP contribution is -3.08. The molecular formula is C10H17N3. The maximum atomic E-state index is 4.25. The Morgan fingerprint density at radius 3 is 2.77 bits per heavy atom. The van der Waals surface area contributed by atoms with Crippen molar-refractivity contribution in [3.8, 4) is 0 Å². The van der Waals surface area contributed by atoms with Gasteiger partial charge in [-0.05, 0) is 6.92 Å². The molecular weight excluding hydrogens is 162 g/mol. The van der Waals surface area contributed by atoms with Gasteiger partial charge in [-0.15, -0.1) is 0 Å². The molecule has 1 N–H and O–H groups in total. The lowest BCUT2D eigenvalue weighted by Gasteiger charge is -2.32. The third kappa shape index (κ3) is 1.75. The summed E-state index contributed by atoms with van der Waals surface area (Å²) in [5, 5.41) is 0. The molecule has 0 atom stereocenters. The number of nitrogens with one attached hydrogen (secondary N) is 1. The van der Waals surface area contributed by atoms with E-state index in [1.165, 1.54) is 30.8 Å². The molecule has 0 aromatic carbocycles. The molecule has 0 aliphatic carbocycles. The smallest absolute Gasteiger partial charge is 0.105 e. The van der Waals surface area contributed by atoms with Crippen molar-refractivity contribution >= 4 is 0 Å². The van der Waals surface area contributed by atoms with Crippen molar-refractivity contribution in [1.82, 2.24) is 9.55 Å². The zero-order valence-corrected chi connectivity index (χ0v) is 8.16. The Kier molecular flexibility index (Phi) is 2.36. The molecule has 0 radical (unpaired) electrons. The monoisotopic (exact) mass is 179 g/mol. The largest absolute Gasteiger partial charge is 0.468 e. The van der Waals surface area contributed by atoms with Gasteiger partial charge in [0.15, 0.2) is 0 Å². The van der Waals surface area contributed by atoms with Gasteiger partial charge < -0.3 is 9.47 Å². The Morgan fingerprint density at radius 2 is 2.23 bits per heavy atom. The number of hydrogen-bond donors (Lipinski definition) is 1. The lowest BCUT2D eigenvalue weighted by atomic mass is 10.1. The third-order valence-corrected chi connectivity index (χ3v) is 2.92. The average molecular weight is 179 g/mol. The molecule has 1 saturated heterocycles. The van der Waals surface area contributed by atoms with Crippen LogP contribution in [0.15, 0.2) is 12.4 Å². The topological polar surface area (TPSA) is 22.3 Å². The SMILES string of the molecule is [CH2-][NH+]1CCC(n2ccnc2C)CC1. The molecule has 0 spiro atoms. The molecule has 3 nitrogen and oxygen atoms in total. The predicted molar refractivity (Wildman–Crippen MR) is 51.3 cm³/mol. The molecule has 13 heavy (non-hydrogen) atoms. The molecule has 0 bridgehead atoms. The van der Waals surface area contributed by atoms with Crippen molar-refractivity contribution in [2.24, 2.45) is 0 Å². The van der Waals surface area contributed by atoms with Gasteiger partial charge >= 0.3 is 0 Å². The van der Waals surface area contributed by atoms with Crippen molar-refractivity contribution in [2.45, 2.75) is 25.8 Å². The molecule has 0 saturated carbocycles. The van der Waals surface area contributed by atoms with Crippen LogP contribution in [0.5, 0.6) is 0 Å². The van der Waals surface area contributed by atoms with Gasteiger partial charge in [-0.1, -0.05) is 0 Å². The quantitative estimate of drug-likeness (QED) is 0.611. The maximum absolute atomic E-state index is 4.25. The van der Waals surface area contributed by atoms with Gasteiger partial charge in [0.05, 0.1) is 13.1 Å². The van der Waals surface area contributed by atoms with Crippen LogP contribution in [0.2, 0.25) is 0 Å². The van der Waals surface area contributed by atoms with E-state index in [2.05, 4.69) is 29.7 Å². The standard InChI is InChI=1S/C10H17N3/c1-9-11-5-8-13(9)10-3-6-12(2)7-4-10/h5,8,10,12H,2-4,6-7H2,1H3. The zero-order chi connectivity index (χ0) is 9.26. The van der Waals surface area contributed by atoms with Crippen molar-refractivity contribution in [3.05, 3.63) is 25.3 Å². The van der Waals surface area contributed by atoms with Crippen LogP contribution in [0.4, 0.5) is 0 Å². The summed E-state index contributed by atoms with van der Waals surface area (Å²) in [6, 6.07) is 0.660. The Labute approximate surface area is 79.4 Å². The summed E-state index contributed by atoms with van der Waals surface area (Å²) in [6.07, 6.45) is 6.44. The van der Waals surface area contributed by atoms with Gasteiger partial charge in [0.25, 0.3) is 0 Å². The normalized spacial score (nSPS) is 29.1. The van der Waals surface area contributed by atoms with Crippen LogP contribution in [0.1, 0.15) is 24.7 Å². The van der Waals surface area contributed by atoms with E-state index in [9.17, 15) is 0 Å². The number of aryl methyl sites for hydroxylation is 1. The highest BCUT2D eigenvalue weighted by atomic mass is 15.1. The number of nitrogens with zero attached hydrogens (tertiary/aromatic N) is 2. The number of likely N-dealkylation sites (tertiary alicyclic amines) is 1. The van der Waals surface area contributed by atoms with Crippen LogP contribution in [0, 0.1) is 14.0 Å². The van der Waals surface area contributed by atoms with Crippen LogP contribution in [0.25, 0.3) is 0 Å². The van der Waals surface area contributed by atoms with E-state index in [-0.39, 0.29) is 0 Å². The molecule has 1 aromatic rings. The van der Waals surface area contributed by atoms with Gasteiger partial charge in [-0.2, -0.15) is 7.05 Å². The minimum Gasteiger partial charge on any atom is -0.468 e. The number of aromatic nitrogens is 2. The molecule has 0 amide bonds. The fourth-order valence-corrected chi connectivity index (χ4v) is 2.06. The molecule has 2 heterocycles. The Balaban J connectivity index is 2.06. The molecule has 72 valence electrons. The van der Waals surface area contributed by atoms with Gasteiger partial charge in [-0.3, -0.25) is 0 Å². The predicted octanol–water partition coefficient (Wildman–Crippen LogP) is 0.203. The summed E-state index contributed by atoms with van der Waals surface area (Å²) in [5.41, 5.74) is 0. The molecule has 0 unspecified atom stereocenters. The van der Waals surface area contributed by atoms with E-state index in [0.29, 0.717) is 6.04 Å². The first-order valence-electron chi connectivity index (χ1n) is 4.93. The van der Waals surface area contributed by atoms with Gasteiger partial charge in [-0.25, -0.2) is 4.98 Å². The molecule has 2 rings (SSSR count). The van der Waals surface area contributed by atoms with Crippen LogP contribution in [-0.2, 0) is 0 Å². The van der Waals surface area contributed by atoms with Crippen LogP contribution in [0.3, 0.4) is 0 Å². The summed E-state index contributed by atoms with van der Waals surface area (Å²) >= 11 is 0. The highest BCUT2D eigenvalue weighted by Gasteiger charge is 2.19. The second-order valence-corrected chi connectivity index (χ2v) is 3.86. The number of piperidine rings is 1. The highest BCUT2D eigenvalue weighted by Crippen LogP contribution is 2.17. The van der Waals surface area contributed by atoms with E-state index in [4.69, 9.17) is 0 Å². The Morgan fingerprint density at radius 1 is 1.54 bits per heavy atom. The lowest BCUT2D eigenvalue weighted by molar-refractivity contribution is -0.860. The molecule has 1 aliphatic heterocycles. The maximum Gasteiger partial charge on any atom is 0.105 e. The third-order valence-electron chi connectivity index (χ3n) is 2.92. The molecule has 1 aromatic heterocycles. The van der Waals surface area contributed by atoms with Crippen molar-refractivity contribution < 1.29 is 4.90 Å². The summed E-state index contributed by atoms with van der Waals surface area (Å²) in [6.45, 7) is 4.44. The first-order valence-corrected chi connectivity index (χ1v) is 4.93. The number of rotatable bonds is 1. The van der Waals surface area contributed by atoms with Crippen molar-refractivity contribution in [3.63, 3.8) is 0 Å². The second-order valence-electron chi connectivity index (χ2n) is 3.86. The number of imidazole rings is 1. The zero-order valence-electron chi connectivity index (χ0n) is 8.16. The summed E-state index contributed by atoms with van der Waals surface area (Å²) < 4.78 is 2.30. The summed E-state index contributed by atoms with van der Waals surface area (Å²) in [7, 11) is 4.03. The second kappa shape index (κ2) is 3.50. The van der Waals surface area contributed by atoms with Crippen LogP contribution >= 0.6 is 0 Å². The van der Waals surface area contributed by atoms with E-state index in [1.807, 2.05) is 6.20 Å². The average Bonchev–Trinajstić information content (AvgIpc) is 2.53. The van der Waals surface area contributed by atoms with Crippen LogP contribution < -0.4 is 4.90 Å². The number of hydrogen-bond acceptors (Lipinski definition) is 1. The van der Waals surface area contributed by atoms with Gasteiger partial charge in [0.1, 0.15) is 5.82 Å². The van der Waals surface area contributed by atoms with E-state index < -0.39 is 0 Å². The molecule has 3 heteroatoms. The Hall–Kier alpha value is -0.830. The highest BCUT2D eigenvalue weighted by molar-refractivity contribution is 4.92. The van der Waals surface area contributed by atoms with Crippen molar-refractivity contribution in [2.75, 3.05) is 13.1 Å². The summed E-state index contributed by atoms with van der Waals surface area (Å²) in [4.78, 5) is 5.66. The molecule has 1 fully saturated rings. The minimum absolute atomic E-state index is 0.660. The minimum atomic E-state index is 0.660.